The molecule has 2 rings (SSSR count). The molecule has 0 bridgehead atoms. The maximum Gasteiger partial charge on any atom is 0.242 e. The van der Waals surface area contributed by atoms with Crippen LogP contribution in [0.15, 0.2) is 65.8 Å². The second kappa shape index (κ2) is 10.1. The minimum absolute atomic E-state index is 0.0429. The Labute approximate surface area is 171 Å². The molecule has 1 aromatic carbocycles. The number of benzene rings is 1. The lowest BCUT2D eigenvalue weighted by Crippen LogP contribution is -2.47. The van der Waals surface area contributed by atoms with Crippen molar-refractivity contribution in [2.24, 2.45) is 5.41 Å². The second-order valence-corrected chi connectivity index (χ2v) is 7.57. The third kappa shape index (κ3) is 5.99. The summed E-state index contributed by atoms with van der Waals surface area (Å²) in [4.78, 5) is 29.1. The molecule has 0 unspecified atom stereocenters. The van der Waals surface area contributed by atoms with Gasteiger partial charge in [0.15, 0.2) is 0 Å². The first-order valence-corrected chi connectivity index (χ1v) is 9.71. The molecule has 28 heavy (non-hydrogen) atoms. The Morgan fingerprint density at radius 2 is 1.82 bits per heavy atom. The Morgan fingerprint density at radius 1 is 1.11 bits per heavy atom. The van der Waals surface area contributed by atoms with E-state index in [2.05, 4.69) is 6.58 Å². The molecule has 0 fully saturated rings. The number of carbonyl (C=O) groups excluding carboxylic acids is 2. The normalized spacial score (nSPS) is 11.1. The minimum atomic E-state index is -0.754. The van der Waals surface area contributed by atoms with Crippen molar-refractivity contribution in [3.8, 4) is 0 Å². The molecule has 2 aromatic rings. The zero-order valence-corrected chi connectivity index (χ0v) is 17.2. The van der Waals surface area contributed by atoms with Gasteiger partial charge in [0.25, 0.3) is 0 Å². The van der Waals surface area contributed by atoms with Gasteiger partial charge in [-0.25, -0.2) is 0 Å². The van der Waals surface area contributed by atoms with Gasteiger partial charge in [-0.05, 0) is 31.5 Å². The van der Waals surface area contributed by atoms with Crippen LogP contribution in [0.5, 0.6) is 0 Å². The molecule has 0 atom stereocenters. The highest BCUT2D eigenvalue weighted by Crippen LogP contribution is 2.21. The fourth-order valence-corrected chi connectivity index (χ4v) is 2.86. The van der Waals surface area contributed by atoms with Crippen molar-refractivity contribution in [2.75, 3.05) is 19.0 Å². The van der Waals surface area contributed by atoms with E-state index in [0.717, 1.165) is 5.56 Å². The van der Waals surface area contributed by atoms with Crippen LogP contribution < -0.4 is 0 Å². The standard InChI is InChI=1S/C22H27ClN2O3/c1-4-12-24(21(27)22(2,3)17-23)16-20(26)25(15-19-11-8-13-28-19)14-18-9-6-5-7-10-18/h4-11,13H,1,12,14-17H2,2-3H3. The number of amides is 2. The van der Waals surface area contributed by atoms with E-state index in [1.165, 1.54) is 4.90 Å². The number of rotatable bonds is 10. The van der Waals surface area contributed by atoms with E-state index >= 15 is 0 Å². The van der Waals surface area contributed by atoms with Crippen LogP contribution >= 0.6 is 11.6 Å². The number of halogens is 1. The van der Waals surface area contributed by atoms with E-state index in [4.69, 9.17) is 16.0 Å². The van der Waals surface area contributed by atoms with Crippen LogP contribution in [-0.2, 0) is 22.7 Å². The van der Waals surface area contributed by atoms with Crippen LogP contribution in [0.3, 0.4) is 0 Å². The molecule has 1 heterocycles. The summed E-state index contributed by atoms with van der Waals surface area (Å²) < 4.78 is 5.42. The van der Waals surface area contributed by atoms with Crippen molar-refractivity contribution in [1.29, 1.82) is 0 Å². The molecule has 0 N–H and O–H groups in total. The number of hydrogen-bond acceptors (Lipinski definition) is 3. The maximum atomic E-state index is 13.1. The lowest BCUT2D eigenvalue weighted by Gasteiger charge is -2.31. The van der Waals surface area contributed by atoms with Gasteiger partial charge in [0.05, 0.1) is 18.2 Å². The van der Waals surface area contributed by atoms with Gasteiger partial charge in [0.2, 0.25) is 11.8 Å². The SMILES string of the molecule is C=CCN(CC(=O)N(Cc1ccccc1)Cc1ccco1)C(=O)C(C)(C)CCl. The monoisotopic (exact) mass is 402 g/mol. The van der Waals surface area contributed by atoms with Crippen LogP contribution in [0.1, 0.15) is 25.2 Å². The molecule has 0 saturated carbocycles. The van der Waals surface area contributed by atoms with Gasteiger partial charge in [0, 0.05) is 19.0 Å². The molecule has 0 aliphatic rings. The van der Waals surface area contributed by atoms with E-state index in [0.29, 0.717) is 18.8 Å². The van der Waals surface area contributed by atoms with Gasteiger partial charge >= 0.3 is 0 Å². The fourth-order valence-electron chi connectivity index (χ4n) is 2.75. The quantitative estimate of drug-likeness (QED) is 0.444. The fraction of sp³-hybridized carbons (Fsp3) is 0.364. The maximum absolute atomic E-state index is 13.1. The van der Waals surface area contributed by atoms with E-state index in [1.807, 2.05) is 36.4 Å². The van der Waals surface area contributed by atoms with Crippen molar-refractivity contribution in [2.45, 2.75) is 26.9 Å². The van der Waals surface area contributed by atoms with Gasteiger partial charge in [-0.15, -0.1) is 18.2 Å². The lowest BCUT2D eigenvalue weighted by atomic mass is 9.94. The summed E-state index contributed by atoms with van der Waals surface area (Å²) in [7, 11) is 0. The van der Waals surface area contributed by atoms with Crippen molar-refractivity contribution in [3.63, 3.8) is 0 Å². The van der Waals surface area contributed by atoms with Crippen LogP contribution in [0.2, 0.25) is 0 Å². The Morgan fingerprint density at radius 3 is 2.39 bits per heavy atom. The highest BCUT2D eigenvalue weighted by molar-refractivity contribution is 6.19. The molecule has 0 radical (unpaired) electrons. The first kappa shape index (κ1) is 21.8. The van der Waals surface area contributed by atoms with E-state index < -0.39 is 5.41 Å². The highest BCUT2D eigenvalue weighted by atomic mass is 35.5. The Balaban J connectivity index is 2.18. The number of furan rings is 1. The summed E-state index contributed by atoms with van der Waals surface area (Å²) in [6, 6.07) is 13.3. The first-order valence-electron chi connectivity index (χ1n) is 9.17. The molecule has 0 saturated heterocycles. The number of alkyl halides is 1. The van der Waals surface area contributed by atoms with E-state index in [-0.39, 0.29) is 30.8 Å². The molecule has 0 aliphatic carbocycles. The van der Waals surface area contributed by atoms with Crippen molar-refractivity contribution < 1.29 is 14.0 Å². The van der Waals surface area contributed by atoms with Crippen molar-refractivity contribution in [1.82, 2.24) is 9.80 Å². The van der Waals surface area contributed by atoms with Gasteiger partial charge in [-0.2, -0.15) is 0 Å². The van der Waals surface area contributed by atoms with E-state index in [1.54, 1.807) is 37.2 Å². The molecule has 6 heteroatoms. The van der Waals surface area contributed by atoms with Gasteiger partial charge in [0.1, 0.15) is 12.3 Å². The summed E-state index contributed by atoms with van der Waals surface area (Å²) in [5.41, 5.74) is 0.251. The molecule has 2 amide bonds. The van der Waals surface area contributed by atoms with Crippen LogP contribution in [0.4, 0.5) is 0 Å². The van der Waals surface area contributed by atoms with Gasteiger partial charge in [-0.3, -0.25) is 9.59 Å². The largest absolute Gasteiger partial charge is 0.467 e. The molecule has 1 aromatic heterocycles. The summed E-state index contributed by atoms with van der Waals surface area (Å²) >= 11 is 5.95. The number of carbonyl (C=O) groups is 2. The molecule has 0 spiro atoms. The average Bonchev–Trinajstić information content (AvgIpc) is 3.20. The highest BCUT2D eigenvalue weighted by Gasteiger charge is 2.32. The Kier molecular flexibility index (Phi) is 7.88. The summed E-state index contributed by atoms with van der Waals surface area (Å²) in [5, 5.41) is 0. The number of hydrogen-bond donors (Lipinski definition) is 0. The number of nitrogens with zero attached hydrogens (tertiary/aromatic N) is 2. The van der Waals surface area contributed by atoms with Crippen LogP contribution in [-0.4, -0.2) is 40.6 Å². The van der Waals surface area contributed by atoms with Gasteiger partial charge in [-0.1, -0.05) is 36.4 Å². The van der Waals surface area contributed by atoms with Crippen LogP contribution in [0, 0.1) is 5.41 Å². The average molecular weight is 403 g/mol. The van der Waals surface area contributed by atoms with Gasteiger partial charge < -0.3 is 14.2 Å². The Hall–Kier alpha value is -2.53. The van der Waals surface area contributed by atoms with Crippen molar-refractivity contribution in [3.05, 3.63) is 72.7 Å². The zero-order valence-electron chi connectivity index (χ0n) is 16.4. The zero-order chi connectivity index (χ0) is 20.6. The Bertz CT molecular complexity index is 772. The predicted octanol–water partition coefficient (Wildman–Crippen LogP) is 4.09. The van der Waals surface area contributed by atoms with Crippen LogP contribution in [0.25, 0.3) is 0 Å². The lowest BCUT2D eigenvalue weighted by molar-refractivity contribution is -0.145. The van der Waals surface area contributed by atoms with E-state index in [9.17, 15) is 9.59 Å². The molecular formula is C22H27ClN2O3. The first-order chi connectivity index (χ1) is 13.4. The topological polar surface area (TPSA) is 53.8 Å². The summed E-state index contributed by atoms with van der Waals surface area (Å²) in [6.45, 7) is 8.24. The third-order valence-electron chi connectivity index (χ3n) is 4.37. The smallest absolute Gasteiger partial charge is 0.242 e. The predicted molar refractivity (Wildman–Crippen MR) is 111 cm³/mol. The summed E-state index contributed by atoms with van der Waals surface area (Å²) in [5.74, 6) is 0.523. The minimum Gasteiger partial charge on any atom is -0.467 e. The molecular weight excluding hydrogens is 376 g/mol. The van der Waals surface area contributed by atoms with Crippen molar-refractivity contribution >= 4 is 23.4 Å². The third-order valence-corrected chi connectivity index (χ3v) is 5.04. The summed E-state index contributed by atoms with van der Waals surface area (Å²) in [6.07, 6.45) is 3.20. The molecule has 0 aliphatic heterocycles. The second-order valence-electron chi connectivity index (χ2n) is 7.31. The molecule has 5 nitrogen and oxygen atoms in total. The molecule has 150 valence electrons.